The van der Waals surface area contributed by atoms with E-state index in [1.807, 2.05) is 38.2 Å². The summed E-state index contributed by atoms with van der Waals surface area (Å²) < 4.78 is 0. The first-order valence-corrected chi connectivity index (χ1v) is 8.14. The molecule has 3 rings (SSSR count). The molecule has 0 unspecified atom stereocenters. The third-order valence-corrected chi connectivity index (χ3v) is 4.30. The number of rotatable bonds is 4. The molecule has 6 heteroatoms. The van der Waals surface area contributed by atoms with Crippen LogP contribution in [0.25, 0.3) is 0 Å². The third-order valence-electron chi connectivity index (χ3n) is 4.30. The van der Waals surface area contributed by atoms with Gasteiger partial charge in [0.25, 0.3) is 0 Å². The molecule has 0 radical (unpaired) electrons. The van der Waals surface area contributed by atoms with Gasteiger partial charge < -0.3 is 9.80 Å². The Kier molecular flexibility index (Phi) is 4.69. The lowest BCUT2D eigenvalue weighted by Gasteiger charge is -2.32. The van der Waals surface area contributed by atoms with E-state index in [9.17, 15) is 0 Å². The minimum atomic E-state index is 0.639. The normalized spacial score (nSPS) is 15.7. The van der Waals surface area contributed by atoms with Crippen LogP contribution in [-0.2, 0) is 6.42 Å². The molecule has 2 aromatic rings. The number of aryl methyl sites for hydroxylation is 1. The summed E-state index contributed by atoms with van der Waals surface area (Å²) in [5.41, 5.74) is 1.04. The highest BCUT2D eigenvalue weighted by molar-refractivity contribution is 5.38. The van der Waals surface area contributed by atoms with E-state index in [2.05, 4.69) is 24.8 Å². The van der Waals surface area contributed by atoms with Gasteiger partial charge in [-0.05, 0) is 25.7 Å². The molecule has 0 N–H and O–H groups in total. The number of nitrogens with zero attached hydrogens (tertiary/aromatic N) is 6. The fourth-order valence-electron chi connectivity index (χ4n) is 3.01. The standard InChI is InChI=1S/C17H24N6/c1-13-10-16(22(2)3)21-15(20-13)11-14-4-8-23(9-5-14)17-12-18-6-7-19-17/h6-7,10,12,14H,4-5,8-9,11H2,1-3H3. The van der Waals surface area contributed by atoms with E-state index in [0.29, 0.717) is 5.92 Å². The van der Waals surface area contributed by atoms with Gasteiger partial charge in [0.1, 0.15) is 17.5 Å². The molecule has 6 nitrogen and oxygen atoms in total. The first-order chi connectivity index (χ1) is 11.1. The molecule has 0 aliphatic carbocycles. The minimum Gasteiger partial charge on any atom is -0.363 e. The summed E-state index contributed by atoms with van der Waals surface area (Å²) in [6, 6.07) is 2.03. The van der Waals surface area contributed by atoms with Gasteiger partial charge in [0, 0.05) is 57.8 Å². The average Bonchev–Trinajstić information content (AvgIpc) is 2.56. The maximum absolute atomic E-state index is 4.68. The Labute approximate surface area is 137 Å². The fourth-order valence-corrected chi connectivity index (χ4v) is 3.01. The Bertz CT molecular complexity index is 635. The zero-order valence-electron chi connectivity index (χ0n) is 14.1. The maximum Gasteiger partial charge on any atom is 0.147 e. The van der Waals surface area contributed by atoms with Gasteiger partial charge in [-0.25, -0.2) is 15.0 Å². The van der Waals surface area contributed by atoms with Gasteiger partial charge >= 0.3 is 0 Å². The van der Waals surface area contributed by atoms with Gasteiger partial charge in [-0.15, -0.1) is 0 Å². The highest BCUT2D eigenvalue weighted by atomic mass is 15.2. The van der Waals surface area contributed by atoms with Gasteiger partial charge in [0.2, 0.25) is 0 Å². The molecular formula is C17H24N6. The first kappa shape index (κ1) is 15.6. The number of hydrogen-bond donors (Lipinski definition) is 0. The number of anilines is 2. The lowest BCUT2D eigenvalue weighted by Crippen LogP contribution is -2.35. The molecule has 2 aromatic heterocycles. The van der Waals surface area contributed by atoms with Crippen molar-refractivity contribution in [1.82, 2.24) is 19.9 Å². The largest absolute Gasteiger partial charge is 0.363 e. The van der Waals surface area contributed by atoms with Crippen LogP contribution in [-0.4, -0.2) is 47.1 Å². The number of piperidine rings is 1. The van der Waals surface area contributed by atoms with Crippen LogP contribution < -0.4 is 9.80 Å². The SMILES string of the molecule is Cc1cc(N(C)C)nc(CC2CCN(c3cnccn3)CC2)n1. The molecule has 0 atom stereocenters. The quantitative estimate of drug-likeness (QED) is 0.862. The van der Waals surface area contributed by atoms with Crippen molar-refractivity contribution in [2.45, 2.75) is 26.2 Å². The molecule has 0 saturated carbocycles. The lowest BCUT2D eigenvalue weighted by molar-refractivity contribution is 0.395. The van der Waals surface area contributed by atoms with Crippen LogP contribution in [0.5, 0.6) is 0 Å². The van der Waals surface area contributed by atoms with Crippen LogP contribution in [0.2, 0.25) is 0 Å². The van der Waals surface area contributed by atoms with Crippen molar-refractivity contribution >= 4 is 11.6 Å². The number of aromatic nitrogens is 4. The van der Waals surface area contributed by atoms with E-state index in [0.717, 1.165) is 55.5 Å². The molecule has 23 heavy (non-hydrogen) atoms. The highest BCUT2D eigenvalue weighted by Crippen LogP contribution is 2.24. The topological polar surface area (TPSA) is 58.0 Å². The first-order valence-electron chi connectivity index (χ1n) is 8.14. The molecule has 1 fully saturated rings. The van der Waals surface area contributed by atoms with Crippen LogP contribution in [0.15, 0.2) is 24.7 Å². The van der Waals surface area contributed by atoms with Gasteiger partial charge in [0.05, 0.1) is 6.20 Å². The summed E-state index contributed by atoms with van der Waals surface area (Å²) in [5, 5.41) is 0. The van der Waals surface area contributed by atoms with Crippen molar-refractivity contribution < 1.29 is 0 Å². The zero-order valence-corrected chi connectivity index (χ0v) is 14.1. The maximum atomic E-state index is 4.68. The monoisotopic (exact) mass is 312 g/mol. The Morgan fingerprint density at radius 2 is 1.96 bits per heavy atom. The molecular weight excluding hydrogens is 288 g/mol. The smallest absolute Gasteiger partial charge is 0.147 e. The minimum absolute atomic E-state index is 0.639. The van der Waals surface area contributed by atoms with Crippen molar-refractivity contribution in [3.05, 3.63) is 36.2 Å². The van der Waals surface area contributed by atoms with Crippen LogP contribution in [0.3, 0.4) is 0 Å². The van der Waals surface area contributed by atoms with Crippen molar-refractivity contribution in [1.29, 1.82) is 0 Å². The average molecular weight is 312 g/mol. The summed E-state index contributed by atoms with van der Waals surface area (Å²) >= 11 is 0. The van der Waals surface area contributed by atoms with Gasteiger partial charge in [-0.2, -0.15) is 0 Å². The second-order valence-electron chi connectivity index (χ2n) is 6.38. The van der Waals surface area contributed by atoms with Gasteiger partial charge in [-0.3, -0.25) is 4.98 Å². The van der Waals surface area contributed by atoms with Crippen molar-refractivity contribution in [3.8, 4) is 0 Å². The van der Waals surface area contributed by atoms with Crippen LogP contribution in [0.4, 0.5) is 11.6 Å². The second kappa shape index (κ2) is 6.89. The van der Waals surface area contributed by atoms with Crippen LogP contribution in [0, 0.1) is 12.8 Å². The van der Waals surface area contributed by atoms with E-state index in [1.54, 1.807) is 12.4 Å². The molecule has 122 valence electrons. The molecule has 0 spiro atoms. The van der Waals surface area contributed by atoms with E-state index >= 15 is 0 Å². The second-order valence-corrected chi connectivity index (χ2v) is 6.38. The predicted octanol–water partition coefficient (Wildman–Crippen LogP) is 2.10. The Balaban J connectivity index is 1.61. The summed E-state index contributed by atoms with van der Waals surface area (Å²) in [5.74, 6) is 3.57. The van der Waals surface area contributed by atoms with Crippen molar-refractivity contribution in [3.63, 3.8) is 0 Å². The van der Waals surface area contributed by atoms with E-state index in [1.165, 1.54) is 0 Å². The van der Waals surface area contributed by atoms with E-state index in [4.69, 9.17) is 0 Å². The molecule has 0 aromatic carbocycles. The Hall–Kier alpha value is -2.24. The van der Waals surface area contributed by atoms with Crippen molar-refractivity contribution in [2.75, 3.05) is 37.0 Å². The van der Waals surface area contributed by atoms with E-state index < -0.39 is 0 Å². The molecule has 1 aliphatic heterocycles. The summed E-state index contributed by atoms with van der Waals surface area (Å²) in [4.78, 5) is 22.2. The Morgan fingerprint density at radius 3 is 2.61 bits per heavy atom. The molecule has 1 aliphatic rings. The highest BCUT2D eigenvalue weighted by Gasteiger charge is 2.21. The predicted molar refractivity (Wildman–Crippen MR) is 91.8 cm³/mol. The Morgan fingerprint density at radius 1 is 1.17 bits per heavy atom. The number of hydrogen-bond acceptors (Lipinski definition) is 6. The van der Waals surface area contributed by atoms with Gasteiger partial charge in [0.15, 0.2) is 0 Å². The lowest BCUT2D eigenvalue weighted by atomic mass is 9.93. The molecule has 1 saturated heterocycles. The molecule has 0 bridgehead atoms. The van der Waals surface area contributed by atoms with Gasteiger partial charge in [-0.1, -0.05) is 0 Å². The third kappa shape index (κ3) is 3.94. The summed E-state index contributed by atoms with van der Waals surface area (Å²) in [6.07, 6.45) is 8.55. The molecule has 3 heterocycles. The van der Waals surface area contributed by atoms with Crippen LogP contribution >= 0.6 is 0 Å². The van der Waals surface area contributed by atoms with Crippen LogP contribution in [0.1, 0.15) is 24.4 Å². The van der Waals surface area contributed by atoms with Crippen molar-refractivity contribution in [2.24, 2.45) is 5.92 Å². The summed E-state index contributed by atoms with van der Waals surface area (Å²) in [7, 11) is 4.04. The van der Waals surface area contributed by atoms with E-state index in [-0.39, 0.29) is 0 Å². The fraction of sp³-hybridized carbons (Fsp3) is 0.529. The zero-order chi connectivity index (χ0) is 16.2. The summed E-state index contributed by atoms with van der Waals surface area (Å²) in [6.45, 7) is 4.08. The molecule has 0 amide bonds.